The van der Waals surface area contributed by atoms with Crippen LogP contribution in [0.15, 0.2) is 47.4 Å². The molecule has 1 atom stereocenters. The van der Waals surface area contributed by atoms with Crippen LogP contribution in [-0.2, 0) is 13.1 Å². The van der Waals surface area contributed by atoms with Gasteiger partial charge in [0.2, 0.25) is 11.7 Å². The minimum absolute atomic E-state index is 0.448. The number of aromatic nitrogens is 5. The maximum atomic E-state index is 5.44. The van der Waals surface area contributed by atoms with Crippen molar-refractivity contribution in [2.24, 2.45) is 0 Å². The maximum Gasteiger partial charge on any atom is 0.241 e. The number of nitrogens with zero attached hydrogens (tertiary/aromatic N) is 6. The van der Waals surface area contributed by atoms with Gasteiger partial charge in [0.25, 0.3) is 0 Å². The van der Waals surface area contributed by atoms with E-state index < -0.39 is 0 Å². The molecular formula is C17H20N6O. The molecule has 0 saturated carbocycles. The van der Waals surface area contributed by atoms with E-state index in [2.05, 4.69) is 25.1 Å². The molecule has 0 aliphatic carbocycles. The Morgan fingerprint density at radius 2 is 2.17 bits per heavy atom. The molecule has 1 aliphatic heterocycles. The zero-order valence-electron chi connectivity index (χ0n) is 13.5. The second kappa shape index (κ2) is 6.92. The van der Waals surface area contributed by atoms with E-state index in [0.29, 0.717) is 24.3 Å². The van der Waals surface area contributed by atoms with Gasteiger partial charge in [-0.15, -0.1) is 0 Å². The van der Waals surface area contributed by atoms with Crippen LogP contribution >= 0.6 is 0 Å². The second-order valence-electron chi connectivity index (χ2n) is 6.07. The summed E-state index contributed by atoms with van der Waals surface area (Å²) in [7, 11) is 0. The lowest BCUT2D eigenvalue weighted by Gasteiger charge is -2.34. The van der Waals surface area contributed by atoms with Crippen LogP contribution in [0.3, 0.4) is 0 Å². The van der Waals surface area contributed by atoms with Gasteiger partial charge in [0.05, 0.1) is 13.1 Å². The van der Waals surface area contributed by atoms with Gasteiger partial charge in [0.15, 0.2) is 0 Å². The highest BCUT2D eigenvalue weighted by Gasteiger charge is 2.25. The summed E-state index contributed by atoms with van der Waals surface area (Å²) in [5.74, 6) is 1.19. The fourth-order valence-electron chi connectivity index (χ4n) is 3.19. The molecule has 3 aromatic rings. The summed E-state index contributed by atoms with van der Waals surface area (Å²) in [6.07, 6.45) is 9.20. The summed E-state index contributed by atoms with van der Waals surface area (Å²) < 4.78 is 7.44. The molecule has 24 heavy (non-hydrogen) atoms. The van der Waals surface area contributed by atoms with Crippen molar-refractivity contribution in [3.8, 4) is 11.5 Å². The Morgan fingerprint density at radius 3 is 3.00 bits per heavy atom. The summed E-state index contributed by atoms with van der Waals surface area (Å²) in [5, 5.41) is 8.39. The molecule has 1 saturated heterocycles. The van der Waals surface area contributed by atoms with Gasteiger partial charge in [-0.3, -0.25) is 14.6 Å². The normalized spacial score (nSPS) is 18.8. The van der Waals surface area contributed by atoms with Gasteiger partial charge >= 0.3 is 0 Å². The summed E-state index contributed by atoms with van der Waals surface area (Å²) in [6.45, 7) is 2.62. The van der Waals surface area contributed by atoms with Crippen molar-refractivity contribution in [3.63, 3.8) is 0 Å². The molecule has 0 radical (unpaired) electrons. The molecule has 7 heteroatoms. The number of hydrogen-bond donors (Lipinski definition) is 0. The number of pyridine rings is 1. The van der Waals surface area contributed by atoms with Gasteiger partial charge in [0.1, 0.15) is 5.69 Å². The smallest absolute Gasteiger partial charge is 0.241 e. The van der Waals surface area contributed by atoms with Crippen LogP contribution in [0.25, 0.3) is 11.5 Å². The van der Waals surface area contributed by atoms with Crippen molar-refractivity contribution in [1.29, 1.82) is 0 Å². The predicted octanol–water partition coefficient (Wildman–Crippen LogP) is 2.38. The number of rotatable bonds is 5. The molecule has 1 fully saturated rings. The van der Waals surface area contributed by atoms with E-state index >= 15 is 0 Å². The average molecular weight is 324 g/mol. The van der Waals surface area contributed by atoms with E-state index in [9.17, 15) is 0 Å². The highest BCUT2D eigenvalue weighted by molar-refractivity contribution is 5.46. The second-order valence-corrected chi connectivity index (χ2v) is 6.07. The van der Waals surface area contributed by atoms with Crippen molar-refractivity contribution in [2.45, 2.75) is 38.4 Å². The molecule has 7 nitrogen and oxygen atoms in total. The fraction of sp³-hybridized carbons (Fsp3) is 0.412. The largest absolute Gasteiger partial charge is 0.337 e. The van der Waals surface area contributed by atoms with Crippen LogP contribution in [0.1, 0.15) is 25.2 Å². The molecule has 1 unspecified atom stereocenters. The number of hydrogen-bond acceptors (Lipinski definition) is 6. The Balaban J connectivity index is 1.46. The zero-order chi connectivity index (χ0) is 16.2. The van der Waals surface area contributed by atoms with Crippen LogP contribution < -0.4 is 0 Å². The first-order valence-electron chi connectivity index (χ1n) is 8.34. The van der Waals surface area contributed by atoms with Crippen LogP contribution in [0, 0.1) is 0 Å². The molecule has 0 N–H and O–H groups in total. The molecule has 4 heterocycles. The molecule has 3 aromatic heterocycles. The highest BCUT2D eigenvalue weighted by Crippen LogP contribution is 2.21. The van der Waals surface area contributed by atoms with Gasteiger partial charge in [-0.05, 0) is 37.6 Å². The summed E-state index contributed by atoms with van der Waals surface area (Å²) in [5.41, 5.74) is 0.735. The van der Waals surface area contributed by atoms with E-state index in [1.165, 1.54) is 19.3 Å². The monoisotopic (exact) mass is 324 g/mol. The molecule has 4 rings (SSSR count). The van der Waals surface area contributed by atoms with Crippen molar-refractivity contribution >= 4 is 0 Å². The summed E-state index contributed by atoms with van der Waals surface area (Å²) >= 11 is 0. The topological polar surface area (TPSA) is 72.9 Å². The third-order valence-corrected chi connectivity index (χ3v) is 4.41. The molecule has 124 valence electrons. The van der Waals surface area contributed by atoms with E-state index in [4.69, 9.17) is 4.52 Å². The standard InChI is InChI=1S/C17H20N6O/c1-3-8-18-15(7-1)17-20-16(24-21-17)13-22-10-4-2-6-14(22)12-23-11-5-9-19-23/h1,3,5,7-9,11,14H,2,4,6,10,12-13H2. The van der Waals surface area contributed by atoms with Crippen LogP contribution in [0.2, 0.25) is 0 Å². The third-order valence-electron chi connectivity index (χ3n) is 4.41. The quantitative estimate of drug-likeness (QED) is 0.717. The molecule has 1 aliphatic rings. The van der Waals surface area contributed by atoms with Crippen LogP contribution in [0.4, 0.5) is 0 Å². The Labute approximate surface area is 140 Å². The van der Waals surface area contributed by atoms with E-state index in [1.54, 1.807) is 6.20 Å². The Bertz CT molecular complexity index is 755. The number of piperidine rings is 1. The van der Waals surface area contributed by atoms with E-state index in [1.807, 2.05) is 41.3 Å². The van der Waals surface area contributed by atoms with Crippen LogP contribution in [-0.4, -0.2) is 42.4 Å². The first kappa shape index (κ1) is 15.0. The third kappa shape index (κ3) is 3.35. The van der Waals surface area contributed by atoms with Gasteiger partial charge in [-0.25, -0.2) is 0 Å². The summed E-state index contributed by atoms with van der Waals surface area (Å²) in [6, 6.07) is 8.09. The van der Waals surface area contributed by atoms with Gasteiger partial charge in [-0.1, -0.05) is 17.6 Å². The minimum Gasteiger partial charge on any atom is -0.337 e. The Kier molecular flexibility index (Phi) is 4.33. The van der Waals surface area contributed by atoms with E-state index in [0.717, 1.165) is 18.8 Å². The first-order chi connectivity index (χ1) is 11.9. The molecular weight excluding hydrogens is 304 g/mol. The lowest BCUT2D eigenvalue weighted by Crippen LogP contribution is -2.41. The predicted molar refractivity (Wildman–Crippen MR) is 87.8 cm³/mol. The van der Waals surface area contributed by atoms with Crippen molar-refractivity contribution in [1.82, 2.24) is 29.8 Å². The Hall–Kier alpha value is -2.54. The summed E-state index contributed by atoms with van der Waals surface area (Å²) in [4.78, 5) is 11.2. The van der Waals surface area contributed by atoms with Crippen molar-refractivity contribution < 1.29 is 4.52 Å². The van der Waals surface area contributed by atoms with E-state index in [-0.39, 0.29) is 0 Å². The van der Waals surface area contributed by atoms with Crippen LogP contribution in [0.5, 0.6) is 0 Å². The minimum atomic E-state index is 0.448. The fourth-order valence-corrected chi connectivity index (χ4v) is 3.19. The Morgan fingerprint density at radius 1 is 1.17 bits per heavy atom. The van der Waals surface area contributed by atoms with Crippen molar-refractivity contribution in [3.05, 3.63) is 48.7 Å². The zero-order valence-corrected chi connectivity index (χ0v) is 13.5. The molecule has 0 amide bonds. The average Bonchev–Trinajstić information content (AvgIpc) is 3.29. The SMILES string of the molecule is c1ccc(-c2noc(CN3CCCCC3Cn3cccn3)n2)nc1. The van der Waals surface area contributed by atoms with Crippen molar-refractivity contribution in [2.75, 3.05) is 6.54 Å². The molecule has 0 bridgehead atoms. The first-order valence-corrected chi connectivity index (χ1v) is 8.34. The van der Waals surface area contributed by atoms with Gasteiger partial charge in [-0.2, -0.15) is 10.1 Å². The maximum absolute atomic E-state index is 5.44. The molecule has 0 aromatic carbocycles. The lowest BCUT2D eigenvalue weighted by atomic mass is 10.0. The molecule has 0 spiro atoms. The van der Waals surface area contributed by atoms with Gasteiger partial charge < -0.3 is 4.52 Å². The van der Waals surface area contributed by atoms with Gasteiger partial charge in [0, 0.05) is 24.6 Å². The highest BCUT2D eigenvalue weighted by atomic mass is 16.5. The lowest BCUT2D eigenvalue weighted by molar-refractivity contribution is 0.108. The number of likely N-dealkylation sites (tertiary alicyclic amines) is 1.